The molecular formula is C16H21N5O. The summed E-state index contributed by atoms with van der Waals surface area (Å²) in [7, 11) is 0. The zero-order valence-electron chi connectivity index (χ0n) is 12.4. The quantitative estimate of drug-likeness (QED) is 0.666. The topological polar surface area (TPSA) is 95.8 Å². The molecule has 2 fully saturated rings. The normalized spacial score (nSPS) is 31.8. The van der Waals surface area contributed by atoms with Gasteiger partial charge < -0.3 is 10.7 Å². The van der Waals surface area contributed by atoms with E-state index in [4.69, 9.17) is 5.73 Å². The van der Waals surface area contributed by atoms with Gasteiger partial charge >= 0.3 is 0 Å². The van der Waals surface area contributed by atoms with Crippen LogP contribution in [0.5, 0.6) is 0 Å². The lowest BCUT2D eigenvalue weighted by Gasteiger charge is -2.43. The van der Waals surface area contributed by atoms with Gasteiger partial charge in [0.15, 0.2) is 0 Å². The molecule has 2 aromatic rings. The Labute approximate surface area is 128 Å². The minimum atomic E-state index is 0.0874. The van der Waals surface area contributed by atoms with Gasteiger partial charge in [-0.15, -0.1) is 0 Å². The van der Waals surface area contributed by atoms with Crippen molar-refractivity contribution in [1.82, 2.24) is 20.8 Å². The summed E-state index contributed by atoms with van der Waals surface area (Å²) >= 11 is 0. The summed E-state index contributed by atoms with van der Waals surface area (Å²) < 4.78 is 0. The van der Waals surface area contributed by atoms with Crippen molar-refractivity contribution >= 4 is 16.8 Å². The molecule has 22 heavy (non-hydrogen) atoms. The van der Waals surface area contributed by atoms with Crippen LogP contribution in [0.1, 0.15) is 30.7 Å². The van der Waals surface area contributed by atoms with Crippen LogP contribution in [0.15, 0.2) is 24.7 Å². The number of aromatic nitrogens is 2. The van der Waals surface area contributed by atoms with Crippen LogP contribution in [0.2, 0.25) is 0 Å². The summed E-state index contributed by atoms with van der Waals surface area (Å²) in [6.07, 6.45) is 8.73. The van der Waals surface area contributed by atoms with Gasteiger partial charge in [0.05, 0.1) is 11.7 Å². The van der Waals surface area contributed by atoms with E-state index in [9.17, 15) is 4.79 Å². The van der Waals surface area contributed by atoms with Crippen molar-refractivity contribution < 1.29 is 4.79 Å². The monoisotopic (exact) mass is 299 g/mol. The standard InChI is InChI=1S/C16H21N5O/c17-6-14-12-5-9(1-2-11(12)16(22)21-20-14)13-7-18-8-15-10(13)3-4-19-15/h3-4,7-9,11-12,14,19-20H,1-2,5-6,17H2,(H,21,22). The lowest BCUT2D eigenvalue weighted by Crippen LogP contribution is -2.62. The summed E-state index contributed by atoms with van der Waals surface area (Å²) in [6, 6.07) is 2.27. The summed E-state index contributed by atoms with van der Waals surface area (Å²) in [5.74, 6) is 0.942. The lowest BCUT2D eigenvalue weighted by atomic mass is 9.68. The van der Waals surface area contributed by atoms with Crippen molar-refractivity contribution in [1.29, 1.82) is 0 Å². The second-order valence-electron chi connectivity index (χ2n) is 6.42. The minimum Gasteiger partial charge on any atom is -0.360 e. The number of fused-ring (bicyclic) bond motifs is 2. The molecular weight excluding hydrogens is 278 g/mol. The van der Waals surface area contributed by atoms with Gasteiger partial charge in [-0.1, -0.05) is 0 Å². The fourth-order valence-electron chi connectivity index (χ4n) is 4.18. The van der Waals surface area contributed by atoms with Crippen LogP contribution in [0, 0.1) is 11.8 Å². The third kappa shape index (κ3) is 2.10. The van der Waals surface area contributed by atoms with E-state index in [0.29, 0.717) is 18.4 Å². The molecule has 4 rings (SSSR count). The molecule has 4 unspecified atom stereocenters. The van der Waals surface area contributed by atoms with Crippen molar-refractivity contribution in [3.63, 3.8) is 0 Å². The SMILES string of the molecule is NCC1NNC(=O)C2CCC(c3cncc4[nH]ccc34)CC12. The number of nitrogens with one attached hydrogen (secondary N) is 3. The second-order valence-corrected chi connectivity index (χ2v) is 6.42. The number of carbonyl (C=O) groups excluding carboxylic acids is 1. The number of aromatic amines is 1. The van der Waals surface area contributed by atoms with Crippen molar-refractivity contribution in [2.45, 2.75) is 31.2 Å². The number of rotatable bonds is 2. The Morgan fingerprint density at radius 3 is 3.09 bits per heavy atom. The average Bonchev–Trinajstić information content (AvgIpc) is 3.03. The number of nitrogens with zero attached hydrogens (tertiary/aromatic N) is 1. The maximum Gasteiger partial charge on any atom is 0.237 e. The number of hydrogen-bond acceptors (Lipinski definition) is 4. The molecule has 6 heteroatoms. The average molecular weight is 299 g/mol. The first-order valence-electron chi connectivity index (χ1n) is 7.94. The smallest absolute Gasteiger partial charge is 0.237 e. The minimum absolute atomic E-state index is 0.0874. The first kappa shape index (κ1) is 13.7. The van der Waals surface area contributed by atoms with E-state index in [0.717, 1.165) is 24.8 Å². The van der Waals surface area contributed by atoms with Gasteiger partial charge in [0.1, 0.15) is 0 Å². The zero-order valence-corrected chi connectivity index (χ0v) is 12.4. The Kier molecular flexibility index (Phi) is 3.35. The molecule has 1 aliphatic heterocycles. The van der Waals surface area contributed by atoms with Gasteiger partial charge in [-0.3, -0.25) is 15.2 Å². The van der Waals surface area contributed by atoms with Crippen LogP contribution in [0.25, 0.3) is 10.9 Å². The van der Waals surface area contributed by atoms with Gasteiger partial charge in [-0.05, 0) is 42.7 Å². The molecule has 0 spiro atoms. The predicted octanol–water partition coefficient (Wildman–Crippen LogP) is 1.02. The van der Waals surface area contributed by atoms with E-state index in [-0.39, 0.29) is 17.9 Å². The maximum absolute atomic E-state index is 12.1. The van der Waals surface area contributed by atoms with Crippen LogP contribution in [0.3, 0.4) is 0 Å². The zero-order chi connectivity index (χ0) is 15.1. The number of hydrogen-bond donors (Lipinski definition) is 4. The molecule has 4 atom stereocenters. The van der Waals surface area contributed by atoms with E-state index in [2.05, 4.69) is 26.9 Å². The highest BCUT2D eigenvalue weighted by atomic mass is 16.2. The van der Waals surface area contributed by atoms with E-state index < -0.39 is 0 Å². The molecule has 1 saturated heterocycles. The van der Waals surface area contributed by atoms with E-state index in [1.54, 1.807) is 0 Å². The maximum atomic E-state index is 12.1. The molecule has 0 aromatic carbocycles. The van der Waals surface area contributed by atoms with Crippen molar-refractivity contribution in [2.75, 3.05) is 6.54 Å². The van der Waals surface area contributed by atoms with Crippen LogP contribution in [0.4, 0.5) is 0 Å². The highest BCUT2D eigenvalue weighted by Crippen LogP contribution is 2.43. The van der Waals surface area contributed by atoms with Gasteiger partial charge in [-0.25, -0.2) is 5.43 Å². The van der Waals surface area contributed by atoms with Gasteiger partial charge in [0.25, 0.3) is 0 Å². The molecule has 2 aromatic heterocycles. The predicted molar refractivity (Wildman–Crippen MR) is 83.8 cm³/mol. The molecule has 5 N–H and O–H groups in total. The third-order valence-electron chi connectivity index (χ3n) is 5.34. The van der Waals surface area contributed by atoms with Crippen molar-refractivity contribution in [2.24, 2.45) is 17.6 Å². The second kappa shape index (κ2) is 5.37. The first-order valence-corrected chi connectivity index (χ1v) is 7.94. The molecule has 0 bridgehead atoms. The molecule has 3 heterocycles. The van der Waals surface area contributed by atoms with Crippen LogP contribution in [-0.4, -0.2) is 28.5 Å². The van der Waals surface area contributed by atoms with Gasteiger partial charge in [0.2, 0.25) is 5.91 Å². The van der Waals surface area contributed by atoms with Crippen LogP contribution >= 0.6 is 0 Å². The number of amides is 1. The summed E-state index contributed by atoms with van der Waals surface area (Å²) in [5.41, 5.74) is 14.1. The fraction of sp³-hybridized carbons (Fsp3) is 0.500. The van der Waals surface area contributed by atoms with E-state index >= 15 is 0 Å². The molecule has 1 amide bonds. The van der Waals surface area contributed by atoms with Gasteiger partial charge in [0, 0.05) is 36.3 Å². The first-order chi connectivity index (χ1) is 10.8. The van der Waals surface area contributed by atoms with Crippen LogP contribution < -0.4 is 16.6 Å². The summed E-state index contributed by atoms with van der Waals surface area (Å²) in [6.45, 7) is 0.542. The third-order valence-corrected chi connectivity index (χ3v) is 5.34. The number of hydrazine groups is 1. The largest absolute Gasteiger partial charge is 0.360 e. The number of nitrogens with two attached hydrogens (primary N) is 1. The van der Waals surface area contributed by atoms with Crippen molar-refractivity contribution in [3.05, 3.63) is 30.2 Å². The van der Waals surface area contributed by atoms with E-state index in [1.165, 1.54) is 10.9 Å². The molecule has 116 valence electrons. The highest BCUT2D eigenvalue weighted by molar-refractivity contribution is 5.83. The summed E-state index contributed by atoms with van der Waals surface area (Å²) in [4.78, 5) is 19.7. The Morgan fingerprint density at radius 2 is 2.23 bits per heavy atom. The Hall–Kier alpha value is -1.92. The van der Waals surface area contributed by atoms with Crippen molar-refractivity contribution in [3.8, 4) is 0 Å². The fourth-order valence-corrected chi connectivity index (χ4v) is 4.18. The molecule has 2 aliphatic rings. The number of carbonyl (C=O) groups is 1. The van der Waals surface area contributed by atoms with E-state index in [1.807, 2.05) is 18.6 Å². The Balaban J connectivity index is 1.65. The molecule has 0 radical (unpaired) electrons. The summed E-state index contributed by atoms with van der Waals surface area (Å²) in [5, 5.41) is 1.25. The number of H-pyrrole nitrogens is 1. The highest BCUT2D eigenvalue weighted by Gasteiger charge is 2.42. The van der Waals surface area contributed by atoms with Gasteiger partial charge in [-0.2, -0.15) is 0 Å². The molecule has 1 aliphatic carbocycles. The van der Waals surface area contributed by atoms with Crippen LogP contribution in [-0.2, 0) is 4.79 Å². The molecule has 1 saturated carbocycles. The molecule has 6 nitrogen and oxygen atoms in total. The lowest BCUT2D eigenvalue weighted by molar-refractivity contribution is -0.133. The number of pyridine rings is 1. The Morgan fingerprint density at radius 1 is 1.32 bits per heavy atom. The Bertz CT molecular complexity index is 697.